The van der Waals surface area contributed by atoms with E-state index in [1.807, 2.05) is 59.5 Å². The Bertz CT molecular complexity index is 1250. The lowest BCUT2D eigenvalue weighted by atomic mass is 10.1. The van der Waals surface area contributed by atoms with E-state index in [4.69, 9.17) is 0 Å². The molecular formula is C25H26N6O2. The standard InChI is InChI=1S/C25H26N6O2/c1-30(17-8-3-2-4-9-17)25(33)18-16-26-29-24(18)21-12-7-15-31(21)23(32)14-13-22-27-19-10-5-6-11-20(19)28-22/h2-6,8-11,16,21H,7,12-15H2,1H3,(H,26,29)(H,27,28). The summed E-state index contributed by atoms with van der Waals surface area (Å²) >= 11 is 0. The second-order valence-electron chi connectivity index (χ2n) is 8.34. The average molecular weight is 443 g/mol. The second-order valence-corrected chi connectivity index (χ2v) is 8.34. The number of aryl methyl sites for hydroxylation is 1. The molecule has 8 nitrogen and oxygen atoms in total. The molecule has 0 bridgehead atoms. The zero-order valence-corrected chi connectivity index (χ0v) is 18.5. The van der Waals surface area contributed by atoms with Crippen LogP contribution in [0.1, 0.15) is 47.2 Å². The Balaban J connectivity index is 1.30. The van der Waals surface area contributed by atoms with Gasteiger partial charge < -0.3 is 14.8 Å². The number of likely N-dealkylation sites (tertiary alicyclic amines) is 1. The molecule has 5 rings (SSSR count). The van der Waals surface area contributed by atoms with E-state index in [1.54, 1.807) is 18.1 Å². The number of imidazole rings is 1. The minimum Gasteiger partial charge on any atom is -0.342 e. The van der Waals surface area contributed by atoms with Crippen LogP contribution < -0.4 is 4.90 Å². The van der Waals surface area contributed by atoms with Gasteiger partial charge in [0.2, 0.25) is 5.91 Å². The van der Waals surface area contributed by atoms with E-state index in [2.05, 4.69) is 20.2 Å². The maximum Gasteiger partial charge on any atom is 0.261 e. The third-order valence-electron chi connectivity index (χ3n) is 6.27. The zero-order valence-electron chi connectivity index (χ0n) is 18.5. The smallest absolute Gasteiger partial charge is 0.261 e. The van der Waals surface area contributed by atoms with Crippen molar-refractivity contribution in [1.82, 2.24) is 25.1 Å². The first-order valence-corrected chi connectivity index (χ1v) is 11.2. The molecule has 33 heavy (non-hydrogen) atoms. The average Bonchev–Trinajstić information content (AvgIpc) is 3.60. The number of aromatic nitrogens is 4. The van der Waals surface area contributed by atoms with E-state index < -0.39 is 0 Å². The van der Waals surface area contributed by atoms with Gasteiger partial charge in [-0.2, -0.15) is 5.10 Å². The molecule has 1 fully saturated rings. The highest BCUT2D eigenvalue weighted by Gasteiger charge is 2.34. The predicted octanol–water partition coefficient (Wildman–Crippen LogP) is 3.86. The van der Waals surface area contributed by atoms with E-state index in [0.717, 1.165) is 35.4 Å². The number of anilines is 1. The van der Waals surface area contributed by atoms with Gasteiger partial charge in [-0.1, -0.05) is 30.3 Å². The molecule has 1 unspecified atom stereocenters. The van der Waals surface area contributed by atoms with Crippen LogP contribution in [-0.4, -0.2) is 50.5 Å². The summed E-state index contributed by atoms with van der Waals surface area (Å²) in [6.07, 6.45) is 4.16. The molecule has 168 valence electrons. The number of aromatic amines is 2. The van der Waals surface area contributed by atoms with Crippen molar-refractivity contribution >= 4 is 28.5 Å². The lowest BCUT2D eigenvalue weighted by Crippen LogP contribution is -2.33. The SMILES string of the molecule is CN(C(=O)c1cn[nH]c1C1CCCN1C(=O)CCc1nc2ccccc2[nH]1)c1ccccc1. The molecule has 0 radical (unpaired) electrons. The molecule has 0 aliphatic carbocycles. The van der Waals surface area contributed by atoms with Crippen molar-refractivity contribution in [2.24, 2.45) is 0 Å². The van der Waals surface area contributed by atoms with Crippen LogP contribution in [0.2, 0.25) is 0 Å². The van der Waals surface area contributed by atoms with Crippen LogP contribution >= 0.6 is 0 Å². The number of nitrogens with zero attached hydrogens (tertiary/aromatic N) is 4. The molecule has 2 aromatic heterocycles. The van der Waals surface area contributed by atoms with Crippen molar-refractivity contribution in [1.29, 1.82) is 0 Å². The number of rotatable bonds is 6. The molecule has 2 aromatic carbocycles. The molecule has 1 aliphatic rings. The van der Waals surface area contributed by atoms with Crippen molar-refractivity contribution in [3.63, 3.8) is 0 Å². The Morgan fingerprint density at radius 2 is 1.91 bits per heavy atom. The normalized spacial score (nSPS) is 15.8. The fraction of sp³-hybridized carbons (Fsp3) is 0.280. The second kappa shape index (κ2) is 8.90. The molecule has 0 saturated carbocycles. The van der Waals surface area contributed by atoms with Gasteiger partial charge >= 0.3 is 0 Å². The molecule has 1 atom stereocenters. The number of hydrogen-bond donors (Lipinski definition) is 2. The van der Waals surface area contributed by atoms with Crippen molar-refractivity contribution in [2.75, 3.05) is 18.5 Å². The fourth-order valence-electron chi connectivity index (χ4n) is 4.53. The number of H-pyrrole nitrogens is 2. The van der Waals surface area contributed by atoms with Gasteiger partial charge in [0, 0.05) is 32.1 Å². The molecule has 3 heterocycles. The van der Waals surface area contributed by atoms with Gasteiger partial charge in [0.1, 0.15) is 5.82 Å². The summed E-state index contributed by atoms with van der Waals surface area (Å²) in [5.74, 6) is 0.719. The van der Waals surface area contributed by atoms with Crippen LogP contribution in [0.3, 0.4) is 0 Å². The van der Waals surface area contributed by atoms with Crippen LogP contribution in [-0.2, 0) is 11.2 Å². The molecule has 0 spiro atoms. The molecule has 1 saturated heterocycles. The summed E-state index contributed by atoms with van der Waals surface area (Å²) in [6, 6.07) is 17.2. The first kappa shape index (κ1) is 20.9. The summed E-state index contributed by atoms with van der Waals surface area (Å²) in [6.45, 7) is 0.671. The van der Waals surface area contributed by atoms with Crippen LogP contribution in [0, 0.1) is 0 Å². The molecule has 2 amide bonds. The highest BCUT2D eigenvalue weighted by Crippen LogP contribution is 2.34. The monoisotopic (exact) mass is 442 g/mol. The van der Waals surface area contributed by atoms with Gasteiger partial charge in [-0.15, -0.1) is 0 Å². The van der Waals surface area contributed by atoms with Gasteiger partial charge in [0.05, 0.1) is 34.5 Å². The predicted molar refractivity (Wildman–Crippen MR) is 126 cm³/mol. The summed E-state index contributed by atoms with van der Waals surface area (Å²) in [4.78, 5) is 37.7. The lowest BCUT2D eigenvalue weighted by molar-refractivity contribution is -0.132. The quantitative estimate of drug-likeness (QED) is 0.474. The van der Waals surface area contributed by atoms with Crippen LogP contribution in [0.15, 0.2) is 60.8 Å². The summed E-state index contributed by atoms with van der Waals surface area (Å²) in [5.41, 5.74) is 3.89. The number of carbonyl (C=O) groups is 2. The van der Waals surface area contributed by atoms with Crippen molar-refractivity contribution < 1.29 is 9.59 Å². The Labute approximate surface area is 191 Å². The largest absolute Gasteiger partial charge is 0.342 e. The number of fused-ring (bicyclic) bond motifs is 1. The first-order chi connectivity index (χ1) is 16.1. The van der Waals surface area contributed by atoms with E-state index in [0.29, 0.717) is 30.6 Å². The van der Waals surface area contributed by atoms with Crippen molar-refractivity contribution in [3.05, 3.63) is 77.9 Å². The number of benzene rings is 2. The minimum absolute atomic E-state index is 0.0577. The number of carbonyl (C=O) groups excluding carboxylic acids is 2. The molecule has 2 N–H and O–H groups in total. The van der Waals surface area contributed by atoms with Gasteiger partial charge in [0.15, 0.2) is 0 Å². The minimum atomic E-state index is -0.182. The molecule has 4 aromatic rings. The Morgan fingerprint density at radius 3 is 2.73 bits per heavy atom. The zero-order chi connectivity index (χ0) is 22.8. The van der Waals surface area contributed by atoms with Gasteiger partial charge in [-0.25, -0.2) is 4.98 Å². The third-order valence-corrected chi connectivity index (χ3v) is 6.27. The Kier molecular flexibility index (Phi) is 5.64. The first-order valence-electron chi connectivity index (χ1n) is 11.2. The highest BCUT2D eigenvalue weighted by molar-refractivity contribution is 6.06. The Hall–Kier alpha value is -3.94. The van der Waals surface area contributed by atoms with Crippen molar-refractivity contribution in [2.45, 2.75) is 31.7 Å². The number of amides is 2. The number of hydrogen-bond acceptors (Lipinski definition) is 4. The van der Waals surface area contributed by atoms with E-state index in [9.17, 15) is 9.59 Å². The number of para-hydroxylation sites is 3. The summed E-state index contributed by atoms with van der Waals surface area (Å²) in [5, 5.41) is 7.15. The molecule has 8 heteroatoms. The number of nitrogens with one attached hydrogen (secondary N) is 2. The van der Waals surface area contributed by atoms with Gasteiger partial charge in [-0.05, 0) is 37.1 Å². The van der Waals surface area contributed by atoms with E-state index >= 15 is 0 Å². The highest BCUT2D eigenvalue weighted by atomic mass is 16.2. The van der Waals surface area contributed by atoms with E-state index in [-0.39, 0.29) is 17.9 Å². The van der Waals surface area contributed by atoms with Crippen molar-refractivity contribution in [3.8, 4) is 0 Å². The topological polar surface area (TPSA) is 98.0 Å². The van der Waals surface area contributed by atoms with Crippen LogP contribution in [0.4, 0.5) is 5.69 Å². The maximum atomic E-state index is 13.2. The summed E-state index contributed by atoms with van der Waals surface area (Å²) < 4.78 is 0. The van der Waals surface area contributed by atoms with Gasteiger partial charge in [-0.3, -0.25) is 14.7 Å². The van der Waals surface area contributed by atoms with E-state index in [1.165, 1.54) is 0 Å². The fourth-order valence-corrected chi connectivity index (χ4v) is 4.53. The van der Waals surface area contributed by atoms with Gasteiger partial charge in [0.25, 0.3) is 5.91 Å². The maximum absolute atomic E-state index is 13.2. The molecular weight excluding hydrogens is 416 g/mol. The molecule has 1 aliphatic heterocycles. The Morgan fingerprint density at radius 1 is 1.12 bits per heavy atom. The van der Waals surface area contributed by atoms with Crippen LogP contribution in [0.5, 0.6) is 0 Å². The summed E-state index contributed by atoms with van der Waals surface area (Å²) in [7, 11) is 1.75. The lowest BCUT2D eigenvalue weighted by Gasteiger charge is -2.25. The third kappa shape index (κ3) is 4.11. The van der Waals surface area contributed by atoms with Crippen LogP contribution in [0.25, 0.3) is 11.0 Å².